The highest BCUT2D eigenvalue weighted by atomic mass is 127. The Balaban J connectivity index is 0.00000392. The standard InChI is InChI=1S/C21H26N4O2.HI/c1-4-13-27-19-8-6-5-7-18(19)15-25-21(23-3)24-14-16-9-11-17(12-10-16)20(26)22-2;/h4-12H,1,13-15H2,2-3H3,(H,22,26)(H2,23,24,25);1H. The molecule has 0 atom stereocenters. The van der Waals surface area contributed by atoms with Gasteiger partial charge in [-0.1, -0.05) is 43.0 Å². The smallest absolute Gasteiger partial charge is 0.251 e. The van der Waals surface area contributed by atoms with E-state index in [9.17, 15) is 4.79 Å². The van der Waals surface area contributed by atoms with E-state index in [1.54, 1.807) is 32.3 Å². The zero-order valence-corrected chi connectivity index (χ0v) is 18.5. The number of nitrogens with zero attached hydrogens (tertiary/aromatic N) is 1. The predicted octanol–water partition coefficient (Wildman–Crippen LogP) is 3.09. The first-order valence-corrected chi connectivity index (χ1v) is 8.75. The number of nitrogens with one attached hydrogen (secondary N) is 3. The van der Waals surface area contributed by atoms with Crippen LogP contribution in [0.4, 0.5) is 0 Å². The molecule has 7 heteroatoms. The van der Waals surface area contributed by atoms with Crippen LogP contribution in [0, 0.1) is 0 Å². The third kappa shape index (κ3) is 7.22. The van der Waals surface area contributed by atoms with Crippen LogP contribution in [-0.4, -0.2) is 32.6 Å². The highest BCUT2D eigenvalue weighted by molar-refractivity contribution is 14.0. The summed E-state index contributed by atoms with van der Waals surface area (Å²) in [4.78, 5) is 15.8. The molecule has 0 heterocycles. The molecule has 0 bridgehead atoms. The fourth-order valence-electron chi connectivity index (χ4n) is 2.44. The van der Waals surface area contributed by atoms with Gasteiger partial charge < -0.3 is 20.7 Å². The molecule has 2 aromatic rings. The minimum atomic E-state index is -0.0932. The summed E-state index contributed by atoms with van der Waals surface area (Å²) in [6.07, 6.45) is 1.72. The maximum Gasteiger partial charge on any atom is 0.251 e. The van der Waals surface area contributed by atoms with Gasteiger partial charge in [0.05, 0.1) is 0 Å². The lowest BCUT2D eigenvalue weighted by Gasteiger charge is -2.14. The van der Waals surface area contributed by atoms with Gasteiger partial charge in [0.25, 0.3) is 5.91 Å². The molecule has 0 fully saturated rings. The average Bonchev–Trinajstić information content (AvgIpc) is 2.72. The third-order valence-electron chi connectivity index (χ3n) is 3.90. The molecule has 2 aromatic carbocycles. The Bertz CT molecular complexity index is 791. The molecule has 0 spiro atoms. The lowest BCUT2D eigenvalue weighted by atomic mass is 10.1. The Morgan fingerprint density at radius 3 is 2.43 bits per heavy atom. The molecule has 6 nitrogen and oxygen atoms in total. The number of amides is 1. The number of hydrogen-bond acceptors (Lipinski definition) is 3. The van der Waals surface area contributed by atoms with Crippen LogP contribution in [0.1, 0.15) is 21.5 Å². The van der Waals surface area contributed by atoms with E-state index in [-0.39, 0.29) is 29.9 Å². The number of rotatable bonds is 8. The average molecular weight is 494 g/mol. The van der Waals surface area contributed by atoms with Gasteiger partial charge in [0.1, 0.15) is 12.4 Å². The number of carbonyl (C=O) groups is 1. The van der Waals surface area contributed by atoms with Crippen molar-refractivity contribution in [3.05, 3.63) is 77.9 Å². The second-order valence-electron chi connectivity index (χ2n) is 5.76. The molecule has 0 saturated carbocycles. The van der Waals surface area contributed by atoms with Gasteiger partial charge in [-0.2, -0.15) is 0 Å². The van der Waals surface area contributed by atoms with Crippen molar-refractivity contribution in [2.75, 3.05) is 20.7 Å². The molecule has 0 aliphatic carbocycles. The summed E-state index contributed by atoms with van der Waals surface area (Å²) >= 11 is 0. The van der Waals surface area contributed by atoms with E-state index in [2.05, 4.69) is 27.5 Å². The van der Waals surface area contributed by atoms with E-state index in [0.29, 0.717) is 31.2 Å². The number of benzene rings is 2. The highest BCUT2D eigenvalue weighted by Crippen LogP contribution is 2.17. The fraction of sp³-hybridized carbons (Fsp3) is 0.238. The summed E-state index contributed by atoms with van der Waals surface area (Å²) in [5, 5.41) is 9.15. The Labute approximate surface area is 183 Å². The number of carbonyl (C=O) groups excluding carboxylic acids is 1. The van der Waals surface area contributed by atoms with Crippen LogP contribution < -0.4 is 20.7 Å². The monoisotopic (exact) mass is 494 g/mol. The van der Waals surface area contributed by atoms with Crippen LogP contribution in [0.5, 0.6) is 5.75 Å². The van der Waals surface area contributed by atoms with Gasteiger partial charge in [-0.25, -0.2) is 0 Å². The number of aliphatic imine (C=N–C) groups is 1. The molecule has 0 aliphatic rings. The third-order valence-corrected chi connectivity index (χ3v) is 3.90. The second kappa shape index (κ2) is 12.8. The van der Waals surface area contributed by atoms with Gasteiger partial charge in [-0.15, -0.1) is 24.0 Å². The van der Waals surface area contributed by atoms with Crippen LogP contribution in [0.3, 0.4) is 0 Å². The zero-order valence-electron chi connectivity index (χ0n) is 16.2. The molecule has 0 radical (unpaired) electrons. The van der Waals surface area contributed by atoms with Crippen molar-refractivity contribution in [1.29, 1.82) is 0 Å². The molecule has 2 rings (SSSR count). The van der Waals surface area contributed by atoms with Crippen molar-refractivity contribution in [3.8, 4) is 5.75 Å². The molecule has 0 saturated heterocycles. The van der Waals surface area contributed by atoms with E-state index in [0.717, 1.165) is 16.9 Å². The van der Waals surface area contributed by atoms with E-state index in [1.807, 2.05) is 36.4 Å². The van der Waals surface area contributed by atoms with Crippen molar-refractivity contribution in [3.63, 3.8) is 0 Å². The molecule has 0 unspecified atom stereocenters. The molecular formula is C21H27IN4O2. The largest absolute Gasteiger partial charge is 0.489 e. The molecule has 3 N–H and O–H groups in total. The second-order valence-corrected chi connectivity index (χ2v) is 5.76. The van der Waals surface area contributed by atoms with Gasteiger partial charge in [-0.3, -0.25) is 9.79 Å². The summed E-state index contributed by atoms with van der Waals surface area (Å²) < 4.78 is 5.67. The first-order chi connectivity index (χ1) is 13.2. The van der Waals surface area contributed by atoms with E-state index in [4.69, 9.17) is 4.74 Å². The highest BCUT2D eigenvalue weighted by Gasteiger charge is 2.05. The lowest BCUT2D eigenvalue weighted by molar-refractivity contribution is 0.0963. The molecule has 0 aliphatic heterocycles. The first kappa shape index (κ1) is 23.5. The van der Waals surface area contributed by atoms with E-state index < -0.39 is 0 Å². The van der Waals surface area contributed by atoms with Crippen molar-refractivity contribution in [1.82, 2.24) is 16.0 Å². The van der Waals surface area contributed by atoms with Gasteiger partial charge in [0, 0.05) is 38.3 Å². The molecule has 28 heavy (non-hydrogen) atoms. The lowest BCUT2D eigenvalue weighted by Crippen LogP contribution is -2.36. The van der Waals surface area contributed by atoms with Crippen LogP contribution >= 0.6 is 24.0 Å². The Morgan fingerprint density at radius 1 is 1.11 bits per heavy atom. The molecular weight excluding hydrogens is 467 g/mol. The van der Waals surface area contributed by atoms with E-state index >= 15 is 0 Å². The Kier molecular flexibility index (Phi) is 10.7. The molecule has 150 valence electrons. The molecule has 0 aromatic heterocycles. The van der Waals surface area contributed by atoms with Crippen LogP contribution in [0.15, 0.2) is 66.2 Å². The van der Waals surface area contributed by atoms with Crippen LogP contribution in [0.25, 0.3) is 0 Å². The minimum absolute atomic E-state index is 0. The number of para-hydroxylation sites is 1. The van der Waals surface area contributed by atoms with Gasteiger partial charge in [-0.05, 0) is 23.8 Å². The number of ether oxygens (including phenoxy) is 1. The summed E-state index contributed by atoms with van der Waals surface area (Å²) in [6.45, 7) is 5.33. The summed E-state index contributed by atoms with van der Waals surface area (Å²) in [5.74, 6) is 1.42. The van der Waals surface area contributed by atoms with Crippen LogP contribution in [0.2, 0.25) is 0 Å². The maximum atomic E-state index is 11.6. The topological polar surface area (TPSA) is 74.8 Å². The van der Waals surface area contributed by atoms with Gasteiger partial charge >= 0.3 is 0 Å². The number of guanidine groups is 1. The quantitative estimate of drug-likeness (QED) is 0.228. The van der Waals surface area contributed by atoms with Crippen molar-refractivity contribution >= 4 is 35.8 Å². The van der Waals surface area contributed by atoms with Gasteiger partial charge in [0.2, 0.25) is 0 Å². The number of halogens is 1. The van der Waals surface area contributed by atoms with Gasteiger partial charge in [0.15, 0.2) is 5.96 Å². The van der Waals surface area contributed by atoms with Crippen LogP contribution in [-0.2, 0) is 13.1 Å². The first-order valence-electron chi connectivity index (χ1n) is 8.75. The number of hydrogen-bond donors (Lipinski definition) is 3. The SMILES string of the molecule is C=CCOc1ccccc1CNC(=NC)NCc1ccc(C(=O)NC)cc1.I. The maximum absolute atomic E-state index is 11.6. The summed E-state index contributed by atoms with van der Waals surface area (Å²) in [7, 11) is 3.35. The normalized spacial score (nSPS) is 10.4. The zero-order chi connectivity index (χ0) is 19.5. The van der Waals surface area contributed by atoms with Crippen molar-refractivity contribution in [2.45, 2.75) is 13.1 Å². The molecule has 1 amide bonds. The van der Waals surface area contributed by atoms with E-state index in [1.165, 1.54) is 0 Å². The van der Waals surface area contributed by atoms with Crippen molar-refractivity contribution < 1.29 is 9.53 Å². The predicted molar refractivity (Wildman–Crippen MR) is 124 cm³/mol. The summed E-state index contributed by atoms with van der Waals surface area (Å²) in [6, 6.07) is 15.3. The minimum Gasteiger partial charge on any atom is -0.489 e. The van der Waals surface area contributed by atoms with Crippen molar-refractivity contribution in [2.24, 2.45) is 4.99 Å². The Hall–Kier alpha value is -2.55. The fourth-order valence-corrected chi connectivity index (χ4v) is 2.44. The Morgan fingerprint density at radius 2 is 1.79 bits per heavy atom. The summed E-state index contributed by atoms with van der Waals surface area (Å²) in [5.41, 5.74) is 2.73.